The van der Waals surface area contributed by atoms with Gasteiger partial charge in [-0.05, 0) is 22.9 Å². The third-order valence-corrected chi connectivity index (χ3v) is 2.37. The first kappa shape index (κ1) is 12.3. The van der Waals surface area contributed by atoms with Crippen molar-refractivity contribution >= 4 is 0 Å². The molecule has 0 saturated heterocycles. The van der Waals surface area contributed by atoms with Gasteiger partial charge < -0.3 is 15.2 Å². The number of nitrogens with two attached hydrogens (primary N) is 1. The zero-order valence-electron chi connectivity index (χ0n) is 10.3. The summed E-state index contributed by atoms with van der Waals surface area (Å²) in [6, 6.07) is 5.55. The topological polar surface area (TPSA) is 88.1 Å². The number of hydrogen-bond donors (Lipinski definition) is 1. The number of aromatic nitrogens is 4. The van der Waals surface area contributed by atoms with E-state index in [4.69, 9.17) is 15.2 Å². The van der Waals surface area contributed by atoms with Crippen molar-refractivity contribution in [1.29, 1.82) is 0 Å². The van der Waals surface area contributed by atoms with E-state index in [1.807, 2.05) is 18.2 Å². The van der Waals surface area contributed by atoms with Crippen molar-refractivity contribution in [3.05, 3.63) is 29.6 Å². The number of nitrogens with zero attached hydrogens (tertiary/aromatic N) is 4. The molecule has 0 atom stereocenters. The lowest BCUT2D eigenvalue weighted by molar-refractivity contribution is 0.276. The number of benzene rings is 1. The number of rotatable bonds is 5. The summed E-state index contributed by atoms with van der Waals surface area (Å²) in [4.78, 5) is 1.38. The second kappa shape index (κ2) is 5.46. The predicted molar refractivity (Wildman–Crippen MR) is 64.0 cm³/mol. The molecule has 0 fully saturated rings. The van der Waals surface area contributed by atoms with Crippen molar-refractivity contribution < 1.29 is 9.47 Å². The molecule has 1 heterocycles. The van der Waals surface area contributed by atoms with Gasteiger partial charge in [-0.2, -0.15) is 4.80 Å². The molecule has 18 heavy (non-hydrogen) atoms. The largest absolute Gasteiger partial charge is 0.493 e. The Labute approximate surface area is 104 Å². The van der Waals surface area contributed by atoms with Crippen molar-refractivity contribution in [3.63, 3.8) is 0 Å². The Morgan fingerprint density at radius 1 is 1.33 bits per heavy atom. The van der Waals surface area contributed by atoms with Crippen LogP contribution in [0.4, 0.5) is 0 Å². The van der Waals surface area contributed by atoms with Crippen LogP contribution in [0.25, 0.3) is 0 Å². The van der Waals surface area contributed by atoms with E-state index in [1.54, 1.807) is 14.2 Å². The fourth-order valence-corrected chi connectivity index (χ4v) is 1.48. The summed E-state index contributed by atoms with van der Waals surface area (Å²) in [5.74, 6) is 1.78. The van der Waals surface area contributed by atoms with Crippen LogP contribution in [0.15, 0.2) is 18.2 Å². The summed E-state index contributed by atoms with van der Waals surface area (Å²) >= 11 is 0. The second-order valence-electron chi connectivity index (χ2n) is 3.67. The average molecular weight is 249 g/mol. The zero-order chi connectivity index (χ0) is 13.0. The molecular weight excluding hydrogens is 234 g/mol. The van der Waals surface area contributed by atoms with Gasteiger partial charge in [-0.15, -0.1) is 10.2 Å². The molecule has 0 unspecified atom stereocenters. The Morgan fingerprint density at radius 3 is 2.78 bits per heavy atom. The van der Waals surface area contributed by atoms with Gasteiger partial charge in [0.25, 0.3) is 0 Å². The maximum atomic E-state index is 5.58. The lowest BCUT2D eigenvalue weighted by Gasteiger charge is -2.10. The van der Waals surface area contributed by atoms with Gasteiger partial charge in [0.15, 0.2) is 18.1 Å². The highest BCUT2D eigenvalue weighted by atomic mass is 16.5. The molecule has 1 aromatic carbocycles. The first-order chi connectivity index (χ1) is 8.72. The molecule has 7 heteroatoms. The van der Waals surface area contributed by atoms with Crippen molar-refractivity contribution in [2.45, 2.75) is 13.2 Å². The molecule has 0 aliphatic rings. The van der Waals surface area contributed by atoms with E-state index in [0.29, 0.717) is 23.9 Å². The lowest BCUT2D eigenvalue weighted by Crippen LogP contribution is -2.02. The average Bonchev–Trinajstić information content (AvgIpc) is 2.82. The Morgan fingerprint density at radius 2 is 2.17 bits per heavy atom. The Kier molecular flexibility index (Phi) is 3.73. The fraction of sp³-hybridized carbons (Fsp3) is 0.364. The number of tetrazole rings is 1. The van der Waals surface area contributed by atoms with Crippen LogP contribution in [0.3, 0.4) is 0 Å². The Hall–Kier alpha value is -2.15. The predicted octanol–water partition coefficient (Wildman–Crippen LogP) is 0.256. The van der Waals surface area contributed by atoms with Gasteiger partial charge in [-0.1, -0.05) is 6.07 Å². The summed E-state index contributed by atoms with van der Waals surface area (Å²) < 4.78 is 10.8. The molecule has 0 spiro atoms. The van der Waals surface area contributed by atoms with Crippen LogP contribution in [0, 0.1) is 0 Å². The quantitative estimate of drug-likeness (QED) is 0.817. The lowest BCUT2D eigenvalue weighted by atomic mass is 10.2. The molecule has 2 N–H and O–H groups in total. The van der Waals surface area contributed by atoms with E-state index < -0.39 is 0 Å². The molecule has 7 nitrogen and oxygen atoms in total. The molecule has 0 aliphatic carbocycles. The molecule has 2 rings (SSSR count). The first-order valence-electron chi connectivity index (χ1n) is 5.45. The monoisotopic (exact) mass is 249 g/mol. The van der Waals surface area contributed by atoms with Gasteiger partial charge in [-0.3, -0.25) is 0 Å². The molecule has 1 aromatic heterocycles. The van der Waals surface area contributed by atoms with E-state index in [-0.39, 0.29) is 6.61 Å². The molecule has 0 amide bonds. The van der Waals surface area contributed by atoms with Gasteiger partial charge in [0.1, 0.15) is 0 Å². The van der Waals surface area contributed by atoms with Gasteiger partial charge in [0, 0.05) is 6.54 Å². The molecular formula is C11H15N5O2. The van der Waals surface area contributed by atoms with Crippen LogP contribution in [0.2, 0.25) is 0 Å². The van der Waals surface area contributed by atoms with Crippen molar-refractivity contribution in [2.75, 3.05) is 7.11 Å². The summed E-state index contributed by atoms with van der Waals surface area (Å²) in [6.45, 7) is 0.703. The minimum atomic E-state index is 0.242. The van der Waals surface area contributed by atoms with Crippen LogP contribution in [-0.2, 0) is 20.2 Å². The molecule has 0 saturated carbocycles. The summed E-state index contributed by atoms with van der Waals surface area (Å²) in [5, 5.41) is 11.6. The third-order valence-electron chi connectivity index (χ3n) is 2.37. The van der Waals surface area contributed by atoms with E-state index in [1.165, 1.54) is 4.80 Å². The Bertz CT molecular complexity index is 526. The summed E-state index contributed by atoms with van der Waals surface area (Å²) in [6.07, 6.45) is 0. The van der Waals surface area contributed by atoms with Crippen LogP contribution in [0.1, 0.15) is 11.4 Å². The van der Waals surface area contributed by atoms with Crippen LogP contribution < -0.4 is 15.2 Å². The van der Waals surface area contributed by atoms with Crippen LogP contribution >= 0.6 is 0 Å². The van der Waals surface area contributed by atoms with Crippen molar-refractivity contribution in [2.24, 2.45) is 12.8 Å². The second-order valence-corrected chi connectivity index (χ2v) is 3.67. The fourth-order valence-electron chi connectivity index (χ4n) is 1.48. The van der Waals surface area contributed by atoms with Gasteiger partial charge in [-0.25, -0.2) is 0 Å². The van der Waals surface area contributed by atoms with Gasteiger partial charge >= 0.3 is 0 Å². The zero-order valence-corrected chi connectivity index (χ0v) is 10.3. The standard InChI is InChI=1S/C11H15N5O2/c1-16-14-11(13-15-16)7-18-9-4-3-8(6-12)5-10(9)17-2/h3-5H,6-7,12H2,1-2H3. The molecule has 0 aliphatic heterocycles. The number of aryl methyl sites for hydroxylation is 1. The number of hydrogen-bond acceptors (Lipinski definition) is 6. The van der Waals surface area contributed by atoms with E-state index in [0.717, 1.165) is 5.56 Å². The number of methoxy groups -OCH3 is 1. The maximum absolute atomic E-state index is 5.58. The van der Waals surface area contributed by atoms with Crippen LogP contribution in [-0.4, -0.2) is 27.3 Å². The van der Waals surface area contributed by atoms with E-state index >= 15 is 0 Å². The number of ether oxygens (including phenoxy) is 2. The van der Waals surface area contributed by atoms with E-state index in [2.05, 4.69) is 15.4 Å². The van der Waals surface area contributed by atoms with Gasteiger partial charge in [0.2, 0.25) is 5.82 Å². The minimum absolute atomic E-state index is 0.242. The third kappa shape index (κ3) is 2.75. The van der Waals surface area contributed by atoms with Crippen LogP contribution in [0.5, 0.6) is 11.5 Å². The SMILES string of the molecule is COc1cc(CN)ccc1OCc1nnn(C)n1. The van der Waals surface area contributed by atoms with Crippen molar-refractivity contribution in [1.82, 2.24) is 20.2 Å². The summed E-state index contributed by atoms with van der Waals surface area (Å²) in [7, 11) is 3.29. The molecule has 96 valence electrons. The minimum Gasteiger partial charge on any atom is -0.493 e. The van der Waals surface area contributed by atoms with Crippen molar-refractivity contribution in [3.8, 4) is 11.5 Å². The van der Waals surface area contributed by atoms with E-state index in [9.17, 15) is 0 Å². The highest BCUT2D eigenvalue weighted by Crippen LogP contribution is 2.28. The highest BCUT2D eigenvalue weighted by molar-refractivity contribution is 5.42. The smallest absolute Gasteiger partial charge is 0.212 e. The highest BCUT2D eigenvalue weighted by Gasteiger charge is 2.07. The summed E-state index contributed by atoms with van der Waals surface area (Å²) in [5.41, 5.74) is 6.55. The van der Waals surface area contributed by atoms with Gasteiger partial charge in [0.05, 0.1) is 14.2 Å². The maximum Gasteiger partial charge on any atom is 0.212 e. The normalized spacial score (nSPS) is 10.4. The molecule has 0 radical (unpaired) electrons. The first-order valence-corrected chi connectivity index (χ1v) is 5.45. The molecule has 2 aromatic rings. The molecule has 0 bridgehead atoms. The Balaban J connectivity index is 2.08.